The van der Waals surface area contributed by atoms with Gasteiger partial charge < -0.3 is 0 Å². The molecule has 0 nitrogen and oxygen atoms in total. The fourth-order valence-electron chi connectivity index (χ4n) is 4.73. The minimum Gasteiger partial charge on any atom is -0.0654 e. The van der Waals surface area contributed by atoms with Gasteiger partial charge in [0.15, 0.2) is 0 Å². The summed E-state index contributed by atoms with van der Waals surface area (Å²) in [5.41, 5.74) is 0. The minimum absolute atomic E-state index is 0.0136. The molecule has 0 aromatic heterocycles. The van der Waals surface area contributed by atoms with Crippen molar-refractivity contribution in [1.29, 1.82) is 0 Å². The second kappa shape index (κ2) is 30.7. The summed E-state index contributed by atoms with van der Waals surface area (Å²) >= 11 is 0. The van der Waals surface area contributed by atoms with Gasteiger partial charge in [0.05, 0.1) is 0 Å². The molecule has 5 radical (unpaired) electrons. The van der Waals surface area contributed by atoms with Crippen LogP contribution >= 0.6 is 0 Å². The van der Waals surface area contributed by atoms with Gasteiger partial charge in [-0.15, -0.1) is 0 Å². The molecular weight excluding hydrogens is 445 g/mol. The van der Waals surface area contributed by atoms with Gasteiger partial charge in [0.1, 0.15) is 0 Å². The lowest BCUT2D eigenvalue weighted by Crippen LogP contribution is -2.27. The topological polar surface area (TPSA) is 0 Å². The molecule has 0 aromatic rings. The van der Waals surface area contributed by atoms with Crippen LogP contribution in [0, 0.1) is 0 Å². The average molecular weight is 508 g/mol. The second-order valence-corrected chi connectivity index (χ2v) is 20.1. The minimum atomic E-state index is -0.0136. The Labute approximate surface area is 218 Å². The van der Waals surface area contributed by atoms with Gasteiger partial charge in [-0.05, 0) is 0 Å². The highest BCUT2D eigenvalue weighted by Gasteiger charge is 2.11. The standard InChI is InChI=1S/C30H63Si3/c1-4-7-10-13-16-19-22-25-28-31-32-33(29-26-23-20-17-14-11-8-5-2)30-27-24-21-18-15-12-9-6-3/h4-30H2,1-3H3. The molecule has 0 heterocycles. The van der Waals surface area contributed by atoms with Crippen molar-refractivity contribution in [2.24, 2.45) is 0 Å². The van der Waals surface area contributed by atoms with Crippen LogP contribution in [0.4, 0.5) is 0 Å². The SMILES string of the molecule is CCCCCCCCCC[Si][Si][Si](CCCCCCCCCC)CCCCCCCCCC. The molecule has 0 aromatic carbocycles. The first kappa shape index (κ1) is 33.7. The van der Waals surface area contributed by atoms with Crippen molar-refractivity contribution < 1.29 is 0 Å². The molecule has 0 atom stereocenters. The zero-order chi connectivity index (χ0) is 24.1. The first-order chi connectivity index (χ1) is 16.3. The van der Waals surface area contributed by atoms with E-state index < -0.39 is 0 Å². The molecular formula is C30H63Si3. The highest BCUT2D eigenvalue weighted by atomic mass is 29.5. The van der Waals surface area contributed by atoms with Crippen LogP contribution in [0.2, 0.25) is 18.1 Å². The van der Waals surface area contributed by atoms with Crippen molar-refractivity contribution in [3.8, 4) is 0 Å². The molecule has 195 valence electrons. The van der Waals surface area contributed by atoms with Crippen molar-refractivity contribution in [3.63, 3.8) is 0 Å². The van der Waals surface area contributed by atoms with Gasteiger partial charge in [0.25, 0.3) is 0 Å². The summed E-state index contributed by atoms with van der Waals surface area (Å²) in [5, 5.41) is 0. The molecule has 0 unspecified atom stereocenters. The summed E-state index contributed by atoms with van der Waals surface area (Å²) in [6.07, 6.45) is 35.7. The Morgan fingerprint density at radius 1 is 0.364 bits per heavy atom. The van der Waals surface area contributed by atoms with E-state index in [2.05, 4.69) is 20.8 Å². The fourth-order valence-corrected chi connectivity index (χ4v) is 16.5. The van der Waals surface area contributed by atoms with Crippen LogP contribution in [0.1, 0.15) is 175 Å². The fraction of sp³-hybridized carbons (Fsp3) is 1.00. The lowest BCUT2D eigenvalue weighted by Gasteiger charge is -2.14. The molecule has 0 aliphatic rings. The van der Waals surface area contributed by atoms with Crippen molar-refractivity contribution >= 4 is 25.9 Å². The lowest BCUT2D eigenvalue weighted by molar-refractivity contribution is 0.581. The predicted octanol–water partition coefficient (Wildman–Crippen LogP) is 11.1. The highest BCUT2D eigenvalue weighted by Crippen LogP contribution is 2.16. The monoisotopic (exact) mass is 507 g/mol. The van der Waals surface area contributed by atoms with Crippen LogP contribution in [0.3, 0.4) is 0 Å². The van der Waals surface area contributed by atoms with Crippen molar-refractivity contribution in [1.82, 2.24) is 0 Å². The molecule has 0 rings (SSSR count). The second-order valence-electron chi connectivity index (χ2n) is 10.6. The van der Waals surface area contributed by atoms with E-state index in [0.717, 1.165) is 0 Å². The molecule has 0 N–H and O–H groups in total. The van der Waals surface area contributed by atoms with E-state index in [1.165, 1.54) is 159 Å². The van der Waals surface area contributed by atoms with Gasteiger partial charge in [-0.2, -0.15) is 0 Å². The Balaban J connectivity index is 3.83. The number of rotatable bonds is 29. The Morgan fingerprint density at radius 2 is 0.667 bits per heavy atom. The molecule has 0 amide bonds. The number of hydrogen-bond donors (Lipinski definition) is 0. The number of unbranched alkanes of at least 4 members (excludes halogenated alkanes) is 21. The summed E-state index contributed by atoms with van der Waals surface area (Å²) in [5.74, 6) is 0. The van der Waals surface area contributed by atoms with Crippen molar-refractivity contribution in [3.05, 3.63) is 0 Å². The first-order valence-corrected chi connectivity index (χ1v) is 21.8. The molecule has 0 aliphatic carbocycles. The van der Waals surface area contributed by atoms with Gasteiger partial charge in [-0.1, -0.05) is 193 Å². The molecule has 0 saturated heterocycles. The molecule has 0 spiro atoms. The first-order valence-electron chi connectivity index (χ1n) is 15.7. The predicted molar refractivity (Wildman–Crippen MR) is 160 cm³/mol. The lowest BCUT2D eigenvalue weighted by atomic mass is 10.1. The third-order valence-corrected chi connectivity index (χ3v) is 18.7. The van der Waals surface area contributed by atoms with E-state index in [1.807, 2.05) is 0 Å². The maximum atomic E-state index is 2.33. The molecule has 0 bridgehead atoms. The van der Waals surface area contributed by atoms with Gasteiger partial charge in [0, 0.05) is 25.9 Å². The summed E-state index contributed by atoms with van der Waals surface area (Å²) in [7, 11) is 2.70. The van der Waals surface area contributed by atoms with E-state index in [4.69, 9.17) is 0 Å². The largest absolute Gasteiger partial charge is 0.0654 e. The highest BCUT2D eigenvalue weighted by molar-refractivity contribution is 7.35. The van der Waals surface area contributed by atoms with E-state index >= 15 is 0 Å². The third kappa shape index (κ3) is 28.8. The third-order valence-electron chi connectivity index (χ3n) is 7.08. The quantitative estimate of drug-likeness (QED) is 0.0697. The van der Waals surface area contributed by atoms with Crippen LogP contribution in [-0.4, -0.2) is 25.9 Å². The van der Waals surface area contributed by atoms with Gasteiger partial charge in [-0.25, -0.2) is 0 Å². The molecule has 0 aliphatic heterocycles. The van der Waals surface area contributed by atoms with E-state index in [1.54, 1.807) is 31.0 Å². The van der Waals surface area contributed by atoms with Crippen LogP contribution in [0.5, 0.6) is 0 Å². The molecule has 0 saturated carbocycles. The Bertz CT molecular complexity index is 315. The van der Waals surface area contributed by atoms with Gasteiger partial charge in [0.2, 0.25) is 0 Å². The maximum absolute atomic E-state index is 2.33. The maximum Gasteiger partial charge on any atom is 0.0306 e. The van der Waals surface area contributed by atoms with E-state index in [9.17, 15) is 0 Å². The summed E-state index contributed by atoms with van der Waals surface area (Å²) < 4.78 is 0. The van der Waals surface area contributed by atoms with Gasteiger partial charge in [-0.3, -0.25) is 0 Å². The molecule has 33 heavy (non-hydrogen) atoms. The van der Waals surface area contributed by atoms with E-state index in [-0.39, 0.29) is 8.31 Å². The van der Waals surface area contributed by atoms with Crippen LogP contribution in [0.25, 0.3) is 0 Å². The van der Waals surface area contributed by atoms with Crippen LogP contribution < -0.4 is 0 Å². The summed E-state index contributed by atoms with van der Waals surface area (Å²) in [6, 6.07) is 4.87. The number of hydrogen-bond acceptors (Lipinski definition) is 0. The molecule has 0 fully saturated rings. The van der Waals surface area contributed by atoms with E-state index in [0.29, 0.717) is 0 Å². The summed E-state index contributed by atoms with van der Waals surface area (Å²) in [4.78, 5) is 0. The van der Waals surface area contributed by atoms with Crippen LogP contribution in [0.15, 0.2) is 0 Å². The normalized spacial score (nSPS) is 11.6. The zero-order valence-electron chi connectivity index (χ0n) is 23.6. The Morgan fingerprint density at radius 3 is 1.03 bits per heavy atom. The summed E-state index contributed by atoms with van der Waals surface area (Å²) in [6.45, 7) is 6.97. The molecule has 3 heteroatoms. The van der Waals surface area contributed by atoms with Crippen molar-refractivity contribution in [2.75, 3.05) is 0 Å². The smallest absolute Gasteiger partial charge is 0.0306 e. The Kier molecular flexibility index (Phi) is 31.3. The zero-order valence-corrected chi connectivity index (χ0v) is 26.6. The average Bonchev–Trinajstić information content (AvgIpc) is 2.83. The van der Waals surface area contributed by atoms with Crippen molar-refractivity contribution in [2.45, 2.75) is 193 Å². The Hall–Kier alpha value is 0.651. The van der Waals surface area contributed by atoms with Gasteiger partial charge >= 0.3 is 0 Å². The van der Waals surface area contributed by atoms with Crippen LogP contribution in [-0.2, 0) is 0 Å².